The van der Waals surface area contributed by atoms with Crippen LogP contribution in [0.25, 0.3) is 78.9 Å². The highest BCUT2D eigenvalue weighted by molar-refractivity contribution is 5.94. The molecule has 0 bridgehead atoms. The molecule has 0 atom stereocenters. The fourth-order valence-corrected chi connectivity index (χ4v) is 10.2. The first-order chi connectivity index (χ1) is 37.6. The number of anilines is 6. The molecule has 8 heteroatoms. The maximum Gasteiger partial charge on any atom is 0.160 e. The van der Waals surface area contributed by atoms with Gasteiger partial charge in [0.25, 0.3) is 0 Å². The lowest BCUT2D eigenvalue weighted by molar-refractivity contribution is 0.477. The molecule has 10 aromatic carbocycles. The third-order valence-corrected chi connectivity index (χ3v) is 13.8. The van der Waals surface area contributed by atoms with Gasteiger partial charge in [0.15, 0.2) is 34.6 Å². The van der Waals surface area contributed by atoms with Gasteiger partial charge in [-0.2, -0.15) is 0 Å². The molecular weight excluding hydrogens is 933 g/mol. The molecule has 358 valence electrons. The lowest BCUT2D eigenvalue weighted by Crippen LogP contribution is -2.18. The van der Waals surface area contributed by atoms with Crippen molar-refractivity contribution >= 4 is 34.1 Å². The van der Waals surface area contributed by atoms with Gasteiger partial charge in [0.05, 0.1) is 45.5 Å². The number of hydrogen-bond acceptors (Lipinski definition) is 8. The van der Waals surface area contributed by atoms with E-state index in [9.17, 15) is 0 Å². The Bertz CT molecular complexity index is 3670. The number of nitrogens with zero attached hydrogens (tertiary/aromatic N) is 6. The van der Waals surface area contributed by atoms with Crippen molar-refractivity contribution in [3.8, 4) is 102 Å². The molecular formula is C68H44N6O2. The molecule has 0 saturated heterocycles. The Morgan fingerprint density at radius 3 is 0.855 bits per heavy atom. The van der Waals surface area contributed by atoms with Crippen LogP contribution in [0.15, 0.2) is 267 Å². The Morgan fingerprint density at radius 1 is 0.224 bits per heavy atom. The number of ether oxygens (including phenoxy) is 2. The van der Waals surface area contributed by atoms with Crippen LogP contribution >= 0.6 is 0 Å². The second-order valence-corrected chi connectivity index (χ2v) is 18.7. The van der Waals surface area contributed by atoms with Gasteiger partial charge in [0.1, 0.15) is 0 Å². The van der Waals surface area contributed by atoms with E-state index >= 15 is 0 Å². The standard InChI is InChI=1S/C68H44N6O2/c1-5-21-45(22-6-1)55-43-57(71-67(69-55)47-25-9-3-10-26-47)51-37-49(38-52(39-51)58-44-56(46-23-7-2-8-24-46)70-68(72-58)48-27-11-4-12-28-48)50-40-53(73-59-29-13-17-33-63(59)75-64-34-18-14-30-60(64)73)42-54(41-50)74-61-31-15-19-35-65(61)76-66-36-20-16-32-62(66)74/h1-44H. The minimum atomic E-state index is 0.627. The highest BCUT2D eigenvalue weighted by Gasteiger charge is 2.30. The molecule has 76 heavy (non-hydrogen) atoms. The number of rotatable bonds is 9. The molecule has 0 N–H and O–H groups in total. The Labute approximate surface area is 440 Å². The molecule has 0 amide bonds. The summed E-state index contributed by atoms with van der Waals surface area (Å²) in [5.74, 6) is 4.31. The summed E-state index contributed by atoms with van der Waals surface area (Å²) in [5.41, 5.74) is 16.2. The molecule has 14 rings (SSSR count). The van der Waals surface area contributed by atoms with Crippen LogP contribution < -0.4 is 19.3 Å². The van der Waals surface area contributed by atoms with Crippen molar-refractivity contribution in [2.24, 2.45) is 0 Å². The number of fused-ring (bicyclic) bond motifs is 4. The smallest absolute Gasteiger partial charge is 0.160 e. The summed E-state index contributed by atoms with van der Waals surface area (Å²) in [5, 5.41) is 0. The Kier molecular flexibility index (Phi) is 11.0. The predicted molar refractivity (Wildman–Crippen MR) is 305 cm³/mol. The zero-order valence-corrected chi connectivity index (χ0v) is 40.9. The topological polar surface area (TPSA) is 76.5 Å². The SMILES string of the molecule is c1ccc(-c2cc(-c3cc(-c4cc(N5c6ccccc6Oc6ccccc65)cc(N5c6ccccc6Oc6ccccc65)c4)cc(-c4cc(-c5ccccc5)nc(-c5ccccc5)n4)c3)nc(-c3ccccc3)n2)cc1. The maximum absolute atomic E-state index is 6.59. The van der Waals surface area contributed by atoms with E-state index in [1.165, 1.54) is 0 Å². The molecule has 0 unspecified atom stereocenters. The van der Waals surface area contributed by atoms with Gasteiger partial charge in [-0.1, -0.05) is 170 Å². The molecule has 0 saturated carbocycles. The van der Waals surface area contributed by atoms with Crippen LogP contribution in [-0.4, -0.2) is 19.9 Å². The Morgan fingerprint density at radius 2 is 0.500 bits per heavy atom. The average Bonchev–Trinajstić information content (AvgIpc) is 3.56. The predicted octanol–water partition coefficient (Wildman–Crippen LogP) is 18.1. The third kappa shape index (κ3) is 8.26. The van der Waals surface area contributed by atoms with E-state index in [1.807, 2.05) is 121 Å². The average molecular weight is 977 g/mol. The van der Waals surface area contributed by atoms with E-state index < -0.39 is 0 Å². The van der Waals surface area contributed by atoms with E-state index in [1.54, 1.807) is 0 Å². The number of hydrogen-bond donors (Lipinski definition) is 0. The number of para-hydroxylation sites is 8. The second-order valence-electron chi connectivity index (χ2n) is 18.7. The van der Waals surface area contributed by atoms with Crippen LogP contribution in [0.5, 0.6) is 23.0 Å². The summed E-state index contributed by atoms with van der Waals surface area (Å²) in [7, 11) is 0. The minimum Gasteiger partial charge on any atom is -0.453 e. The summed E-state index contributed by atoms with van der Waals surface area (Å²) in [4.78, 5) is 25.8. The first kappa shape index (κ1) is 44.3. The van der Waals surface area contributed by atoms with Crippen LogP contribution in [0.1, 0.15) is 0 Å². The molecule has 8 nitrogen and oxygen atoms in total. The van der Waals surface area contributed by atoms with Crippen LogP contribution in [0.4, 0.5) is 34.1 Å². The number of aromatic nitrogens is 4. The maximum atomic E-state index is 6.59. The molecule has 0 aliphatic carbocycles. The largest absolute Gasteiger partial charge is 0.453 e. The summed E-state index contributed by atoms with van der Waals surface area (Å²) in [6.07, 6.45) is 0. The number of benzene rings is 10. The zero-order chi connectivity index (χ0) is 50.4. The molecule has 0 fully saturated rings. The third-order valence-electron chi connectivity index (χ3n) is 13.8. The van der Waals surface area contributed by atoms with Crippen molar-refractivity contribution < 1.29 is 9.47 Å². The van der Waals surface area contributed by atoms with E-state index in [0.29, 0.717) is 11.6 Å². The monoisotopic (exact) mass is 976 g/mol. The van der Waals surface area contributed by atoms with Gasteiger partial charge < -0.3 is 19.3 Å². The highest BCUT2D eigenvalue weighted by atomic mass is 16.5. The van der Waals surface area contributed by atoms with Crippen LogP contribution in [0.3, 0.4) is 0 Å². The van der Waals surface area contributed by atoms with Gasteiger partial charge in [0.2, 0.25) is 0 Å². The molecule has 0 spiro atoms. The van der Waals surface area contributed by atoms with Crippen molar-refractivity contribution in [2.75, 3.05) is 9.80 Å². The molecule has 0 radical (unpaired) electrons. The van der Waals surface area contributed by atoms with Gasteiger partial charge >= 0.3 is 0 Å². The summed E-state index contributed by atoms with van der Waals surface area (Å²) in [6, 6.07) is 91.5. The highest BCUT2D eigenvalue weighted by Crippen LogP contribution is 2.55. The van der Waals surface area contributed by atoms with Gasteiger partial charge in [-0.05, 0) is 108 Å². The summed E-state index contributed by atoms with van der Waals surface area (Å²) in [6.45, 7) is 0. The van der Waals surface area contributed by atoms with Gasteiger partial charge in [0, 0.05) is 44.8 Å². The van der Waals surface area contributed by atoms with E-state index in [2.05, 4.69) is 155 Å². The van der Waals surface area contributed by atoms with Crippen molar-refractivity contribution in [1.82, 2.24) is 19.9 Å². The fraction of sp³-hybridized carbons (Fsp3) is 0. The summed E-state index contributed by atoms with van der Waals surface area (Å²) >= 11 is 0. The van der Waals surface area contributed by atoms with Crippen LogP contribution in [0.2, 0.25) is 0 Å². The van der Waals surface area contributed by atoms with Crippen molar-refractivity contribution in [2.45, 2.75) is 0 Å². The van der Waals surface area contributed by atoms with Crippen LogP contribution in [-0.2, 0) is 0 Å². The van der Waals surface area contributed by atoms with E-state index in [0.717, 1.165) is 124 Å². The van der Waals surface area contributed by atoms with Gasteiger partial charge in [-0.15, -0.1) is 0 Å². The molecule has 4 heterocycles. The summed E-state index contributed by atoms with van der Waals surface area (Å²) < 4.78 is 13.2. The quantitative estimate of drug-likeness (QED) is 0.142. The van der Waals surface area contributed by atoms with Gasteiger partial charge in [-0.25, -0.2) is 19.9 Å². The second kappa shape index (κ2) is 18.9. The molecule has 2 aliphatic heterocycles. The first-order valence-corrected chi connectivity index (χ1v) is 25.3. The molecule has 12 aromatic rings. The Hall–Kier alpha value is -10.4. The lowest BCUT2D eigenvalue weighted by Gasteiger charge is -2.36. The normalized spacial score (nSPS) is 12.1. The zero-order valence-electron chi connectivity index (χ0n) is 40.9. The lowest BCUT2D eigenvalue weighted by atomic mass is 9.94. The first-order valence-electron chi connectivity index (χ1n) is 25.3. The minimum absolute atomic E-state index is 0.627. The van der Waals surface area contributed by atoms with Crippen molar-refractivity contribution in [3.05, 3.63) is 267 Å². The van der Waals surface area contributed by atoms with E-state index in [4.69, 9.17) is 29.4 Å². The molecule has 2 aliphatic rings. The van der Waals surface area contributed by atoms with Gasteiger partial charge in [-0.3, -0.25) is 0 Å². The van der Waals surface area contributed by atoms with E-state index in [-0.39, 0.29) is 0 Å². The van der Waals surface area contributed by atoms with Crippen molar-refractivity contribution in [1.29, 1.82) is 0 Å². The molecule has 2 aromatic heterocycles. The Balaban J connectivity index is 1.06. The van der Waals surface area contributed by atoms with Crippen molar-refractivity contribution in [3.63, 3.8) is 0 Å². The van der Waals surface area contributed by atoms with Crippen LogP contribution in [0, 0.1) is 0 Å². The fourth-order valence-electron chi connectivity index (χ4n) is 10.2.